The Bertz CT molecular complexity index is 232. The fourth-order valence-corrected chi connectivity index (χ4v) is 1.67. The third-order valence-corrected chi connectivity index (χ3v) is 2.45. The first-order valence-corrected chi connectivity index (χ1v) is 5.26. The minimum atomic E-state index is 0.571. The molecule has 1 aromatic rings. The SMILES string of the molecule is CCCC(CC)n1cc(Br)cn1. The largest absolute Gasteiger partial charge is 0.269 e. The quantitative estimate of drug-likeness (QED) is 0.776. The third-order valence-electron chi connectivity index (χ3n) is 2.04. The summed E-state index contributed by atoms with van der Waals surface area (Å²) in [4.78, 5) is 0. The van der Waals surface area contributed by atoms with Crippen LogP contribution in [0.4, 0.5) is 0 Å². The lowest BCUT2D eigenvalue weighted by molar-refractivity contribution is 0.409. The van der Waals surface area contributed by atoms with E-state index < -0.39 is 0 Å². The summed E-state index contributed by atoms with van der Waals surface area (Å²) in [7, 11) is 0. The van der Waals surface area contributed by atoms with Gasteiger partial charge >= 0.3 is 0 Å². The monoisotopic (exact) mass is 230 g/mol. The van der Waals surface area contributed by atoms with Crippen LogP contribution in [0.5, 0.6) is 0 Å². The van der Waals surface area contributed by atoms with E-state index in [1.807, 2.05) is 17.1 Å². The lowest BCUT2D eigenvalue weighted by Gasteiger charge is -2.13. The van der Waals surface area contributed by atoms with Crippen molar-refractivity contribution >= 4 is 15.9 Å². The van der Waals surface area contributed by atoms with E-state index >= 15 is 0 Å². The number of aromatic nitrogens is 2. The Kier molecular flexibility index (Phi) is 3.79. The molecule has 0 saturated carbocycles. The van der Waals surface area contributed by atoms with E-state index in [0.717, 1.165) is 10.9 Å². The van der Waals surface area contributed by atoms with E-state index in [1.54, 1.807) is 0 Å². The van der Waals surface area contributed by atoms with Crippen LogP contribution in [0.2, 0.25) is 0 Å². The van der Waals surface area contributed by atoms with Gasteiger partial charge in [0.05, 0.1) is 16.7 Å². The van der Waals surface area contributed by atoms with Crippen molar-refractivity contribution in [1.29, 1.82) is 0 Å². The molecule has 1 aromatic heterocycles. The topological polar surface area (TPSA) is 17.8 Å². The smallest absolute Gasteiger partial charge is 0.0632 e. The Hall–Kier alpha value is -0.310. The van der Waals surface area contributed by atoms with Crippen LogP contribution in [-0.2, 0) is 0 Å². The molecule has 0 aliphatic carbocycles. The van der Waals surface area contributed by atoms with Gasteiger partial charge < -0.3 is 0 Å². The van der Waals surface area contributed by atoms with Crippen molar-refractivity contribution in [2.24, 2.45) is 0 Å². The van der Waals surface area contributed by atoms with E-state index in [4.69, 9.17) is 0 Å². The van der Waals surface area contributed by atoms with Gasteiger partial charge in [0.25, 0.3) is 0 Å². The van der Waals surface area contributed by atoms with Gasteiger partial charge in [0.1, 0.15) is 0 Å². The zero-order valence-electron chi connectivity index (χ0n) is 7.63. The normalized spacial score (nSPS) is 13.2. The Morgan fingerprint density at radius 3 is 2.75 bits per heavy atom. The molecule has 0 saturated heterocycles. The molecule has 1 heterocycles. The minimum absolute atomic E-state index is 0.571. The predicted molar refractivity (Wildman–Crippen MR) is 54.2 cm³/mol. The van der Waals surface area contributed by atoms with Gasteiger partial charge in [0.2, 0.25) is 0 Å². The Morgan fingerprint density at radius 2 is 2.33 bits per heavy atom. The summed E-state index contributed by atoms with van der Waals surface area (Å²) in [5.74, 6) is 0. The highest BCUT2D eigenvalue weighted by Crippen LogP contribution is 2.18. The van der Waals surface area contributed by atoms with Crippen LogP contribution in [0.25, 0.3) is 0 Å². The fourth-order valence-electron chi connectivity index (χ4n) is 1.37. The van der Waals surface area contributed by atoms with Crippen LogP contribution in [0.15, 0.2) is 16.9 Å². The number of halogens is 1. The molecule has 3 heteroatoms. The molecular weight excluding hydrogens is 216 g/mol. The Balaban J connectivity index is 2.66. The molecule has 68 valence electrons. The second-order valence-corrected chi connectivity index (χ2v) is 3.90. The van der Waals surface area contributed by atoms with Gasteiger partial charge in [0, 0.05) is 6.20 Å². The highest BCUT2D eigenvalue weighted by molar-refractivity contribution is 9.10. The molecular formula is C9H15BrN2. The summed E-state index contributed by atoms with van der Waals surface area (Å²) in [5.41, 5.74) is 0. The van der Waals surface area contributed by atoms with Gasteiger partial charge in [0.15, 0.2) is 0 Å². The van der Waals surface area contributed by atoms with E-state index in [2.05, 4.69) is 34.9 Å². The second kappa shape index (κ2) is 4.65. The molecule has 0 aliphatic rings. The molecule has 12 heavy (non-hydrogen) atoms. The third kappa shape index (κ3) is 2.34. The Labute approximate surface area is 82.1 Å². The lowest BCUT2D eigenvalue weighted by Crippen LogP contribution is -2.07. The first-order chi connectivity index (χ1) is 5.77. The summed E-state index contributed by atoms with van der Waals surface area (Å²) in [6.07, 6.45) is 7.48. The molecule has 0 bridgehead atoms. The van der Waals surface area contributed by atoms with Gasteiger partial charge in [-0.25, -0.2) is 0 Å². The van der Waals surface area contributed by atoms with Gasteiger partial charge in [-0.2, -0.15) is 5.10 Å². The van der Waals surface area contributed by atoms with Crippen LogP contribution in [0, 0.1) is 0 Å². The maximum Gasteiger partial charge on any atom is 0.0632 e. The zero-order valence-corrected chi connectivity index (χ0v) is 9.21. The van der Waals surface area contributed by atoms with Crippen LogP contribution in [-0.4, -0.2) is 9.78 Å². The summed E-state index contributed by atoms with van der Waals surface area (Å²) >= 11 is 3.40. The molecule has 1 rings (SSSR count). The molecule has 0 aliphatic heterocycles. The maximum atomic E-state index is 4.28. The van der Waals surface area contributed by atoms with Crippen molar-refractivity contribution in [3.05, 3.63) is 16.9 Å². The molecule has 2 nitrogen and oxygen atoms in total. The van der Waals surface area contributed by atoms with Crippen LogP contribution in [0.3, 0.4) is 0 Å². The highest BCUT2D eigenvalue weighted by Gasteiger charge is 2.07. The van der Waals surface area contributed by atoms with Crippen LogP contribution >= 0.6 is 15.9 Å². The number of hydrogen-bond donors (Lipinski definition) is 0. The summed E-state index contributed by atoms with van der Waals surface area (Å²) < 4.78 is 3.12. The molecule has 0 amide bonds. The summed E-state index contributed by atoms with van der Waals surface area (Å²) in [6.45, 7) is 4.41. The highest BCUT2D eigenvalue weighted by atomic mass is 79.9. The Morgan fingerprint density at radius 1 is 1.58 bits per heavy atom. The molecule has 0 N–H and O–H groups in total. The van der Waals surface area contributed by atoms with Crippen molar-refractivity contribution in [2.45, 2.75) is 39.2 Å². The minimum Gasteiger partial charge on any atom is -0.269 e. The van der Waals surface area contributed by atoms with E-state index in [-0.39, 0.29) is 0 Å². The van der Waals surface area contributed by atoms with Gasteiger partial charge in [-0.05, 0) is 28.8 Å². The molecule has 0 fully saturated rings. The molecule has 1 unspecified atom stereocenters. The van der Waals surface area contributed by atoms with Crippen molar-refractivity contribution in [2.75, 3.05) is 0 Å². The predicted octanol–water partition coefficient (Wildman–Crippen LogP) is 3.40. The summed E-state index contributed by atoms with van der Waals surface area (Å²) in [6, 6.07) is 0.571. The van der Waals surface area contributed by atoms with Crippen molar-refractivity contribution in [3.8, 4) is 0 Å². The van der Waals surface area contributed by atoms with E-state index in [1.165, 1.54) is 12.8 Å². The van der Waals surface area contributed by atoms with Crippen molar-refractivity contribution in [1.82, 2.24) is 9.78 Å². The number of hydrogen-bond acceptors (Lipinski definition) is 1. The molecule has 0 aromatic carbocycles. The van der Waals surface area contributed by atoms with Crippen molar-refractivity contribution < 1.29 is 0 Å². The van der Waals surface area contributed by atoms with Crippen LogP contribution in [0.1, 0.15) is 39.2 Å². The average Bonchev–Trinajstić information content (AvgIpc) is 2.47. The zero-order chi connectivity index (χ0) is 8.97. The van der Waals surface area contributed by atoms with Gasteiger partial charge in [-0.3, -0.25) is 4.68 Å². The number of nitrogens with zero attached hydrogens (tertiary/aromatic N) is 2. The first-order valence-electron chi connectivity index (χ1n) is 4.47. The van der Waals surface area contributed by atoms with E-state index in [0.29, 0.717) is 6.04 Å². The van der Waals surface area contributed by atoms with Crippen LogP contribution < -0.4 is 0 Å². The standard InChI is InChI=1S/C9H15BrN2/c1-3-5-9(4-2)12-7-8(10)6-11-12/h6-7,9H,3-5H2,1-2H3. The van der Waals surface area contributed by atoms with Gasteiger partial charge in [-0.15, -0.1) is 0 Å². The average molecular weight is 231 g/mol. The van der Waals surface area contributed by atoms with E-state index in [9.17, 15) is 0 Å². The lowest BCUT2D eigenvalue weighted by atomic mass is 10.1. The molecule has 1 atom stereocenters. The van der Waals surface area contributed by atoms with Crippen molar-refractivity contribution in [3.63, 3.8) is 0 Å². The fraction of sp³-hybridized carbons (Fsp3) is 0.667. The first kappa shape index (κ1) is 9.78. The summed E-state index contributed by atoms with van der Waals surface area (Å²) in [5, 5.41) is 4.28. The second-order valence-electron chi connectivity index (χ2n) is 2.99. The molecule has 0 radical (unpaired) electrons. The van der Waals surface area contributed by atoms with Gasteiger partial charge in [-0.1, -0.05) is 20.3 Å². The maximum absolute atomic E-state index is 4.28. The molecule has 0 spiro atoms. The number of rotatable bonds is 4.